The van der Waals surface area contributed by atoms with E-state index in [4.69, 9.17) is 0 Å². The van der Waals surface area contributed by atoms with Gasteiger partial charge in [0.15, 0.2) is 5.13 Å². The molecule has 0 amide bonds. The minimum atomic E-state index is 0.986. The number of hydrogen-bond donors (Lipinski definition) is 0. The van der Waals surface area contributed by atoms with Gasteiger partial charge in [-0.3, -0.25) is 9.47 Å². The maximum Gasteiger partial charge on any atom is 0.194 e. The summed E-state index contributed by atoms with van der Waals surface area (Å²) in [4.78, 5) is 11.0. The summed E-state index contributed by atoms with van der Waals surface area (Å²) in [6.07, 6.45) is 4.16. The second-order valence-corrected chi connectivity index (χ2v) is 8.05. The number of fused-ring (bicyclic) bond motifs is 1. The van der Waals surface area contributed by atoms with Crippen molar-refractivity contribution in [2.75, 3.05) is 31.1 Å². The molecule has 136 valence electrons. The molecule has 1 aliphatic heterocycles. The molecule has 2 aromatic carbocycles. The van der Waals surface area contributed by atoms with Gasteiger partial charge < -0.3 is 4.90 Å². The van der Waals surface area contributed by atoms with Crippen LogP contribution in [0.1, 0.15) is 4.88 Å². The molecule has 1 aliphatic rings. The molecule has 0 bridgehead atoms. The van der Waals surface area contributed by atoms with Gasteiger partial charge in [-0.1, -0.05) is 47.7 Å². The number of thiazole rings is 1. The smallest absolute Gasteiger partial charge is 0.194 e. The van der Waals surface area contributed by atoms with E-state index in [-0.39, 0.29) is 0 Å². The maximum atomic E-state index is 4.68. The summed E-state index contributed by atoms with van der Waals surface area (Å²) in [5.41, 5.74) is 2.55. The molecule has 2 aromatic heterocycles. The van der Waals surface area contributed by atoms with Crippen LogP contribution in [0.5, 0.6) is 0 Å². The maximum absolute atomic E-state index is 4.68. The molecule has 0 radical (unpaired) electrons. The van der Waals surface area contributed by atoms with Gasteiger partial charge in [-0.2, -0.15) is 0 Å². The molecule has 3 heterocycles. The van der Waals surface area contributed by atoms with E-state index in [0.29, 0.717) is 0 Å². The topological polar surface area (TPSA) is 24.3 Å². The van der Waals surface area contributed by atoms with Crippen molar-refractivity contribution in [2.24, 2.45) is 0 Å². The van der Waals surface area contributed by atoms with E-state index in [1.807, 2.05) is 6.20 Å². The van der Waals surface area contributed by atoms with Gasteiger partial charge >= 0.3 is 0 Å². The van der Waals surface area contributed by atoms with Gasteiger partial charge in [-0.15, -0.1) is 0 Å². The molecule has 0 spiro atoms. The third kappa shape index (κ3) is 3.36. The van der Waals surface area contributed by atoms with Crippen molar-refractivity contribution in [2.45, 2.75) is 6.54 Å². The fraction of sp³-hybridized carbons (Fsp3) is 0.227. The average Bonchev–Trinajstić information content (AvgIpc) is 3.36. The molecular formula is C22H22N4S. The van der Waals surface area contributed by atoms with Crippen molar-refractivity contribution in [3.8, 4) is 5.13 Å². The largest absolute Gasteiger partial charge is 0.369 e. The highest BCUT2D eigenvalue weighted by molar-refractivity contribution is 7.14. The van der Waals surface area contributed by atoms with Crippen molar-refractivity contribution in [1.29, 1.82) is 0 Å². The van der Waals surface area contributed by atoms with Crippen LogP contribution in [0, 0.1) is 0 Å². The number of anilines is 1. The van der Waals surface area contributed by atoms with Crippen LogP contribution in [-0.2, 0) is 6.54 Å². The third-order valence-corrected chi connectivity index (χ3v) is 6.20. The second kappa shape index (κ2) is 7.18. The van der Waals surface area contributed by atoms with Crippen LogP contribution in [0.4, 0.5) is 5.69 Å². The first-order valence-electron chi connectivity index (χ1n) is 9.40. The standard InChI is InChI=1S/C22H22N4S/c1-2-7-19(8-3-1)25-14-12-24(13-15-25)17-20-16-23-22(27-20)26-11-10-18-6-4-5-9-21(18)26/h1-11,16H,12-15,17H2. The molecule has 27 heavy (non-hydrogen) atoms. The molecule has 0 atom stereocenters. The zero-order valence-corrected chi connectivity index (χ0v) is 16.0. The quantitative estimate of drug-likeness (QED) is 0.529. The SMILES string of the molecule is c1ccc(N2CCN(Cc3cnc(-n4ccc5ccccc54)s3)CC2)cc1. The monoisotopic (exact) mass is 374 g/mol. The van der Waals surface area contributed by atoms with Gasteiger partial charge in [0.05, 0.1) is 5.52 Å². The van der Waals surface area contributed by atoms with Crippen molar-refractivity contribution >= 4 is 27.9 Å². The van der Waals surface area contributed by atoms with Gasteiger partial charge in [-0.25, -0.2) is 4.98 Å². The third-order valence-electron chi connectivity index (χ3n) is 5.22. The number of para-hydroxylation sites is 2. The van der Waals surface area contributed by atoms with Crippen LogP contribution in [0.15, 0.2) is 73.1 Å². The van der Waals surface area contributed by atoms with Crippen LogP contribution >= 0.6 is 11.3 Å². The molecule has 5 rings (SSSR count). The Morgan fingerprint density at radius 2 is 1.63 bits per heavy atom. The molecule has 5 heteroatoms. The first-order chi connectivity index (χ1) is 13.4. The fourth-order valence-electron chi connectivity index (χ4n) is 3.75. The lowest BCUT2D eigenvalue weighted by Gasteiger charge is -2.35. The van der Waals surface area contributed by atoms with Crippen LogP contribution in [-0.4, -0.2) is 40.6 Å². The molecule has 4 aromatic rings. The van der Waals surface area contributed by atoms with Gasteiger partial charge in [0.2, 0.25) is 0 Å². The van der Waals surface area contributed by atoms with Gasteiger partial charge in [-0.05, 0) is 24.3 Å². The van der Waals surface area contributed by atoms with Gasteiger partial charge in [0.1, 0.15) is 0 Å². The molecule has 0 unspecified atom stereocenters. The van der Waals surface area contributed by atoms with Crippen molar-refractivity contribution in [3.05, 3.63) is 77.9 Å². The first kappa shape index (κ1) is 16.5. The Labute approximate surface area is 163 Å². The van der Waals surface area contributed by atoms with E-state index in [1.165, 1.54) is 21.5 Å². The minimum Gasteiger partial charge on any atom is -0.369 e. The van der Waals surface area contributed by atoms with E-state index >= 15 is 0 Å². The second-order valence-electron chi connectivity index (χ2n) is 6.95. The lowest BCUT2D eigenvalue weighted by atomic mass is 10.2. The molecule has 0 N–H and O–H groups in total. The van der Waals surface area contributed by atoms with Crippen LogP contribution < -0.4 is 4.90 Å². The number of hydrogen-bond acceptors (Lipinski definition) is 4. The van der Waals surface area contributed by atoms with Gasteiger partial charge in [0.25, 0.3) is 0 Å². The van der Waals surface area contributed by atoms with Crippen LogP contribution in [0.25, 0.3) is 16.0 Å². The summed E-state index contributed by atoms with van der Waals surface area (Å²) in [6.45, 7) is 5.33. The summed E-state index contributed by atoms with van der Waals surface area (Å²) in [5.74, 6) is 0. The average molecular weight is 375 g/mol. The number of rotatable bonds is 4. The minimum absolute atomic E-state index is 0.986. The highest BCUT2D eigenvalue weighted by atomic mass is 32.1. The summed E-state index contributed by atoms with van der Waals surface area (Å²) < 4.78 is 2.19. The predicted molar refractivity (Wildman–Crippen MR) is 113 cm³/mol. The Morgan fingerprint density at radius 1 is 0.852 bits per heavy atom. The summed E-state index contributed by atoms with van der Waals surface area (Å²) in [7, 11) is 0. The van der Waals surface area contributed by atoms with Crippen molar-refractivity contribution in [3.63, 3.8) is 0 Å². The van der Waals surface area contributed by atoms with Crippen LogP contribution in [0.2, 0.25) is 0 Å². The Hall–Kier alpha value is -2.63. The zero-order valence-electron chi connectivity index (χ0n) is 15.2. The molecule has 4 nitrogen and oxygen atoms in total. The highest BCUT2D eigenvalue weighted by Gasteiger charge is 2.18. The molecular weight excluding hydrogens is 352 g/mol. The lowest BCUT2D eigenvalue weighted by molar-refractivity contribution is 0.252. The molecule has 1 fully saturated rings. The summed E-state index contributed by atoms with van der Waals surface area (Å²) in [5, 5.41) is 2.31. The van der Waals surface area contributed by atoms with E-state index < -0.39 is 0 Å². The lowest BCUT2D eigenvalue weighted by Crippen LogP contribution is -2.45. The van der Waals surface area contributed by atoms with E-state index in [1.54, 1.807) is 11.3 Å². The number of benzene rings is 2. The number of aromatic nitrogens is 2. The van der Waals surface area contributed by atoms with E-state index in [2.05, 4.69) is 86.2 Å². The number of piperazine rings is 1. The van der Waals surface area contributed by atoms with Crippen molar-refractivity contribution < 1.29 is 0 Å². The first-order valence-corrected chi connectivity index (χ1v) is 10.2. The summed E-state index contributed by atoms with van der Waals surface area (Å²) in [6, 6.07) is 21.3. The Kier molecular flexibility index (Phi) is 4.40. The van der Waals surface area contributed by atoms with Crippen LogP contribution in [0.3, 0.4) is 0 Å². The molecule has 0 aliphatic carbocycles. The molecule has 1 saturated heterocycles. The number of nitrogens with zero attached hydrogens (tertiary/aromatic N) is 4. The Balaban J connectivity index is 1.25. The highest BCUT2D eigenvalue weighted by Crippen LogP contribution is 2.25. The fourth-order valence-corrected chi connectivity index (χ4v) is 4.70. The van der Waals surface area contributed by atoms with Gasteiger partial charge in [0, 0.05) is 61.1 Å². The molecule has 0 saturated carbocycles. The normalized spacial score (nSPS) is 15.5. The summed E-state index contributed by atoms with van der Waals surface area (Å²) >= 11 is 1.79. The Morgan fingerprint density at radius 3 is 2.48 bits per heavy atom. The van der Waals surface area contributed by atoms with Crippen molar-refractivity contribution in [1.82, 2.24) is 14.5 Å². The predicted octanol–water partition coefficient (Wildman–Crippen LogP) is 4.41. The Bertz CT molecular complexity index is 1030. The zero-order chi connectivity index (χ0) is 18.1. The van der Waals surface area contributed by atoms with E-state index in [9.17, 15) is 0 Å². The van der Waals surface area contributed by atoms with E-state index in [0.717, 1.165) is 37.9 Å².